The second-order valence-electron chi connectivity index (χ2n) is 12.6. The lowest BCUT2D eigenvalue weighted by Crippen LogP contribution is -2.56. The molecule has 5 heteroatoms. The van der Waals surface area contributed by atoms with Crippen molar-refractivity contribution >= 4 is 56.2 Å². The highest BCUT2D eigenvalue weighted by molar-refractivity contribution is 7.36. The monoisotopic (exact) mass is 588 g/mol. The molecule has 0 N–H and O–H groups in total. The molecule has 0 aliphatic carbocycles. The molecule has 0 bridgehead atoms. The quantitative estimate of drug-likeness (QED) is 0.209. The Morgan fingerprint density at radius 1 is 0.395 bits per heavy atom. The minimum atomic E-state index is -0.200. The van der Waals surface area contributed by atoms with Gasteiger partial charge in [-0.1, -0.05) is 114 Å². The molecule has 0 nitrogen and oxygen atoms in total. The van der Waals surface area contributed by atoms with Crippen molar-refractivity contribution in [3.63, 3.8) is 0 Å². The lowest BCUT2D eigenvalue weighted by molar-refractivity contribution is 0.625. The van der Waals surface area contributed by atoms with E-state index in [0.29, 0.717) is 0 Å². The molecule has 1 heterocycles. The summed E-state index contributed by atoms with van der Waals surface area (Å²) in [5.74, 6) is -0.399. The third-order valence-corrected chi connectivity index (χ3v) is 10.2. The average molecular weight is 588 g/mol. The minimum absolute atomic E-state index is 0.0313. The van der Waals surface area contributed by atoms with Crippen molar-refractivity contribution in [3.8, 4) is 0 Å². The van der Waals surface area contributed by atoms with E-state index in [4.69, 9.17) is 0 Å². The zero-order valence-corrected chi connectivity index (χ0v) is 27.9. The van der Waals surface area contributed by atoms with E-state index >= 15 is 0 Å². The van der Waals surface area contributed by atoms with Crippen LogP contribution in [-0.4, -0.2) is 13.4 Å². The van der Waals surface area contributed by atoms with E-state index in [1.165, 1.54) is 64.8 Å². The predicted molar refractivity (Wildman–Crippen MR) is 187 cm³/mol. The van der Waals surface area contributed by atoms with Gasteiger partial charge in [0.15, 0.2) is 0 Å². The minimum Gasteiger partial charge on any atom is -0.207 e. The molecule has 5 aromatic rings. The molecule has 0 aliphatic heterocycles. The molecule has 5 rings (SSSR count). The van der Waals surface area contributed by atoms with Gasteiger partial charge in [-0.05, 0) is 103 Å². The van der Waals surface area contributed by atoms with E-state index in [1.54, 1.807) is 24.3 Å². The molecule has 218 valence electrons. The third-order valence-electron chi connectivity index (χ3n) is 8.96. The largest absolute Gasteiger partial charge is 0.254 e. The van der Waals surface area contributed by atoms with Crippen LogP contribution in [0.2, 0.25) is 0 Å². The van der Waals surface area contributed by atoms with Gasteiger partial charge < -0.3 is 0 Å². The molecule has 0 amide bonds. The number of hydrogen-bond acceptors (Lipinski definition) is 1. The van der Waals surface area contributed by atoms with Crippen molar-refractivity contribution in [1.82, 2.24) is 0 Å². The fourth-order valence-electron chi connectivity index (χ4n) is 7.58. The lowest BCUT2D eigenvalue weighted by atomic mass is 9.36. The Kier molecular flexibility index (Phi) is 8.60. The molecular formula is C38H40B2F2S. The van der Waals surface area contributed by atoms with Crippen LogP contribution < -0.4 is 31.4 Å². The molecule has 43 heavy (non-hydrogen) atoms. The van der Waals surface area contributed by atoms with Gasteiger partial charge in [0.05, 0.1) is 0 Å². The van der Waals surface area contributed by atoms with Crippen LogP contribution >= 0.6 is 11.3 Å². The van der Waals surface area contributed by atoms with Crippen LogP contribution in [0.3, 0.4) is 0 Å². The zero-order valence-electron chi connectivity index (χ0n) is 27.1. The maximum Gasteiger partial charge on any atom is 0.254 e. The molecule has 0 spiro atoms. The highest BCUT2D eigenvalue weighted by Crippen LogP contribution is 2.17. The third kappa shape index (κ3) is 5.89. The number of benzene rings is 4. The van der Waals surface area contributed by atoms with Crippen LogP contribution in [0.15, 0.2) is 60.7 Å². The van der Waals surface area contributed by atoms with Crippen molar-refractivity contribution < 1.29 is 8.78 Å². The summed E-state index contributed by atoms with van der Waals surface area (Å²) in [6, 6.07) is 20.2. The summed E-state index contributed by atoms with van der Waals surface area (Å²) in [6.45, 7) is 21.1. The first-order valence-corrected chi connectivity index (χ1v) is 15.9. The van der Waals surface area contributed by atoms with Crippen molar-refractivity contribution in [1.29, 1.82) is 0 Å². The van der Waals surface area contributed by atoms with E-state index in [2.05, 4.69) is 77.9 Å². The smallest absolute Gasteiger partial charge is 0.207 e. The van der Waals surface area contributed by atoms with Crippen LogP contribution in [0.5, 0.6) is 0 Å². The van der Waals surface area contributed by atoms with Gasteiger partial charge in [0.2, 0.25) is 0 Å². The van der Waals surface area contributed by atoms with E-state index < -0.39 is 0 Å². The van der Waals surface area contributed by atoms with Crippen LogP contribution in [0, 0.1) is 80.9 Å². The Labute approximate surface area is 261 Å². The van der Waals surface area contributed by atoms with Gasteiger partial charge in [0.25, 0.3) is 13.4 Å². The highest BCUT2D eigenvalue weighted by atomic mass is 32.1. The predicted octanol–water partition coefficient (Wildman–Crippen LogP) is 6.14. The second kappa shape index (κ2) is 11.9. The second-order valence-corrected chi connectivity index (χ2v) is 13.8. The zero-order chi connectivity index (χ0) is 31.3. The Bertz CT molecular complexity index is 1530. The number of halogens is 2. The van der Waals surface area contributed by atoms with Gasteiger partial charge >= 0.3 is 0 Å². The summed E-state index contributed by atoms with van der Waals surface area (Å²) in [7, 11) is 0. The van der Waals surface area contributed by atoms with Crippen LogP contribution in [0.1, 0.15) is 55.6 Å². The molecule has 0 unspecified atom stereocenters. The summed E-state index contributed by atoms with van der Waals surface area (Å²) in [4.78, 5) is 0. The fourth-order valence-corrected chi connectivity index (χ4v) is 8.84. The first kappa shape index (κ1) is 31.0. The molecular weight excluding hydrogens is 548 g/mol. The van der Waals surface area contributed by atoms with Crippen molar-refractivity contribution in [3.05, 3.63) is 128 Å². The normalized spacial score (nSPS) is 11.3. The van der Waals surface area contributed by atoms with Crippen molar-refractivity contribution in [2.24, 2.45) is 0 Å². The van der Waals surface area contributed by atoms with E-state index in [9.17, 15) is 8.78 Å². The molecule has 0 fully saturated rings. The van der Waals surface area contributed by atoms with Gasteiger partial charge in [-0.3, -0.25) is 0 Å². The SMILES string of the molecule is Cc1cc(C)c(B(c2ccc(B(c3c(C)cc(C)cc3C)c3c(C)cc(F)cc3C)s2)c2c(C)cc(F)cc2C)c(C)c1. The average Bonchev–Trinajstić information content (AvgIpc) is 3.34. The lowest BCUT2D eigenvalue weighted by Gasteiger charge is -2.24. The Morgan fingerprint density at radius 3 is 0.884 bits per heavy atom. The Balaban J connectivity index is 1.81. The van der Waals surface area contributed by atoms with Crippen molar-refractivity contribution in [2.45, 2.75) is 69.2 Å². The maximum atomic E-state index is 14.6. The molecule has 0 saturated carbocycles. The number of hydrogen-bond donors (Lipinski definition) is 0. The fraction of sp³-hybridized carbons (Fsp3) is 0.263. The summed E-state index contributed by atoms with van der Waals surface area (Å²) in [6.07, 6.45) is 0. The van der Waals surface area contributed by atoms with Crippen molar-refractivity contribution in [2.75, 3.05) is 0 Å². The topological polar surface area (TPSA) is 0 Å². The van der Waals surface area contributed by atoms with Gasteiger partial charge in [-0.15, -0.1) is 0 Å². The summed E-state index contributed by atoms with van der Waals surface area (Å²) >= 11 is 1.83. The standard InChI is InChI=1S/C38H40B2F2S/c1-21-13-23(3)35(24(4)14-21)39(37-27(7)17-31(41)18-28(37)8)33-11-12-34(43-33)40(36-25(5)15-22(2)16-26(36)6)38-29(9)19-32(42)20-30(38)10/h11-20H,1-10H3. The number of thiophene rings is 1. The Morgan fingerprint density at radius 2 is 0.628 bits per heavy atom. The first-order chi connectivity index (χ1) is 20.3. The van der Waals surface area contributed by atoms with Gasteiger partial charge in [0, 0.05) is 0 Å². The maximum absolute atomic E-state index is 14.6. The molecule has 1 aromatic heterocycles. The molecule has 0 saturated heterocycles. The van der Waals surface area contributed by atoms with Gasteiger partial charge in [-0.2, -0.15) is 11.3 Å². The van der Waals surface area contributed by atoms with Gasteiger partial charge in [-0.25, -0.2) is 8.78 Å². The van der Waals surface area contributed by atoms with Gasteiger partial charge in [0.1, 0.15) is 11.6 Å². The summed E-state index contributed by atoms with van der Waals surface area (Å²) in [5.41, 5.74) is 16.2. The molecule has 4 aromatic carbocycles. The number of rotatable bonds is 6. The van der Waals surface area contributed by atoms with Crippen LogP contribution in [0.4, 0.5) is 8.78 Å². The van der Waals surface area contributed by atoms with Crippen LogP contribution in [-0.2, 0) is 0 Å². The molecule has 0 aliphatic rings. The van der Waals surface area contributed by atoms with Crippen LogP contribution in [0.25, 0.3) is 0 Å². The highest BCUT2D eigenvalue weighted by Gasteiger charge is 2.34. The Hall–Kier alpha value is -3.43. The summed E-state index contributed by atoms with van der Waals surface area (Å²) in [5, 5.41) is 0. The number of aryl methyl sites for hydroxylation is 10. The first-order valence-electron chi connectivity index (χ1n) is 15.0. The summed E-state index contributed by atoms with van der Waals surface area (Å²) < 4.78 is 31.6. The van der Waals surface area contributed by atoms with E-state index in [-0.39, 0.29) is 25.1 Å². The van der Waals surface area contributed by atoms with E-state index in [0.717, 1.165) is 22.3 Å². The molecule has 0 atom stereocenters. The molecule has 0 radical (unpaired) electrons. The van der Waals surface area contributed by atoms with E-state index in [1.807, 2.05) is 39.0 Å².